The quantitative estimate of drug-likeness (QED) is 0.556. The van der Waals surface area contributed by atoms with Gasteiger partial charge in [-0.25, -0.2) is 4.98 Å². The van der Waals surface area contributed by atoms with Gasteiger partial charge in [0.05, 0.1) is 12.2 Å². The van der Waals surface area contributed by atoms with Gasteiger partial charge < -0.3 is 10.2 Å². The van der Waals surface area contributed by atoms with Crippen LogP contribution in [-0.4, -0.2) is 47.9 Å². The summed E-state index contributed by atoms with van der Waals surface area (Å²) in [6.45, 7) is 5.07. The van der Waals surface area contributed by atoms with E-state index in [1.54, 1.807) is 0 Å². The maximum Gasteiger partial charge on any atom is 0.258 e. The third-order valence-corrected chi connectivity index (χ3v) is 7.47. The number of aryl methyl sites for hydroxylation is 1. The molecule has 6 nitrogen and oxygen atoms in total. The molecule has 3 aromatic rings. The lowest BCUT2D eigenvalue weighted by Crippen LogP contribution is -2.33. The number of carbonyl (C=O) groups is 2. The third-order valence-electron chi connectivity index (χ3n) is 6.71. The van der Waals surface area contributed by atoms with E-state index >= 15 is 0 Å². The van der Waals surface area contributed by atoms with Crippen LogP contribution in [0.25, 0.3) is 11.3 Å². The van der Waals surface area contributed by atoms with E-state index in [9.17, 15) is 9.59 Å². The highest BCUT2D eigenvalue weighted by Gasteiger charge is 2.27. The average molecular weight is 475 g/mol. The summed E-state index contributed by atoms with van der Waals surface area (Å²) in [6, 6.07) is 13.9. The fourth-order valence-corrected chi connectivity index (χ4v) is 5.59. The zero-order chi connectivity index (χ0) is 23.5. The van der Waals surface area contributed by atoms with Crippen molar-refractivity contribution in [2.45, 2.75) is 39.0 Å². The molecule has 0 bridgehead atoms. The van der Waals surface area contributed by atoms with Gasteiger partial charge in [0.15, 0.2) is 5.13 Å². The molecule has 2 aliphatic heterocycles. The summed E-state index contributed by atoms with van der Waals surface area (Å²) in [5.41, 5.74) is 5.72. The summed E-state index contributed by atoms with van der Waals surface area (Å²) >= 11 is 1.45. The van der Waals surface area contributed by atoms with Crippen LogP contribution < -0.4 is 10.2 Å². The molecule has 5 rings (SSSR count). The number of nitrogens with zero attached hydrogens (tertiary/aromatic N) is 3. The van der Waals surface area contributed by atoms with E-state index < -0.39 is 0 Å². The van der Waals surface area contributed by atoms with Crippen LogP contribution in [0.1, 0.15) is 47.2 Å². The average Bonchev–Trinajstić information content (AvgIpc) is 3.39. The van der Waals surface area contributed by atoms with Gasteiger partial charge in [-0.2, -0.15) is 0 Å². The van der Waals surface area contributed by atoms with E-state index in [-0.39, 0.29) is 11.8 Å². The predicted molar refractivity (Wildman–Crippen MR) is 138 cm³/mol. The number of rotatable bonds is 5. The van der Waals surface area contributed by atoms with Crippen molar-refractivity contribution in [3.63, 3.8) is 0 Å². The molecule has 3 heterocycles. The fourth-order valence-electron chi connectivity index (χ4n) is 4.85. The molecular formula is C27H30N4O2S. The SMILES string of the molecule is Cc1ccccc1C(=O)N1CCc2cc(-c3csc(NC(=O)CN4CCCCCC4)n3)ccc21. The van der Waals surface area contributed by atoms with Gasteiger partial charge in [0.25, 0.3) is 5.91 Å². The number of benzene rings is 2. The lowest BCUT2D eigenvalue weighted by atomic mass is 10.1. The second kappa shape index (κ2) is 10.1. The zero-order valence-corrected chi connectivity index (χ0v) is 20.4. The van der Waals surface area contributed by atoms with Gasteiger partial charge in [0.1, 0.15) is 0 Å². The van der Waals surface area contributed by atoms with Crippen molar-refractivity contribution in [3.05, 3.63) is 64.5 Å². The van der Waals surface area contributed by atoms with Crippen LogP contribution in [0.15, 0.2) is 47.8 Å². The van der Waals surface area contributed by atoms with E-state index in [0.29, 0.717) is 18.2 Å². The third kappa shape index (κ3) is 4.91. The number of fused-ring (bicyclic) bond motifs is 1. The molecule has 0 atom stereocenters. The number of anilines is 2. The summed E-state index contributed by atoms with van der Waals surface area (Å²) in [4.78, 5) is 34.4. The largest absolute Gasteiger partial charge is 0.308 e. The van der Waals surface area contributed by atoms with E-state index in [0.717, 1.165) is 53.1 Å². The maximum atomic E-state index is 13.1. The molecule has 0 aliphatic carbocycles. The molecule has 2 amide bonds. The van der Waals surface area contributed by atoms with Gasteiger partial charge in [0, 0.05) is 28.7 Å². The van der Waals surface area contributed by atoms with E-state index in [4.69, 9.17) is 0 Å². The van der Waals surface area contributed by atoms with Crippen molar-refractivity contribution in [1.82, 2.24) is 9.88 Å². The van der Waals surface area contributed by atoms with Crippen molar-refractivity contribution in [2.75, 3.05) is 36.4 Å². The summed E-state index contributed by atoms with van der Waals surface area (Å²) in [5.74, 6) is 0.0507. The number of amides is 2. The van der Waals surface area contributed by atoms with Crippen molar-refractivity contribution < 1.29 is 9.59 Å². The molecule has 176 valence electrons. The van der Waals surface area contributed by atoms with Crippen molar-refractivity contribution in [3.8, 4) is 11.3 Å². The molecule has 1 fully saturated rings. The molecule has 7 heteroatoms. The number of thiazole rings is 1. The van der Waals surface area contributed by atoms with Gasteiger partial charge in [0.2, 0.25) is 5.91 Å². The Labute approximate surface area is 204 Å². The van der Waals surface area contributed by atoms with Crippen LogP contribution in [0.2, 0.25) is 0 Å². The highest BCUT2D eigenvalue weighted by molar-refractivity contribution is 7.14. The topological polar surface area (TPSA) is 65.5 Å². The Balaban J connectivity index is 1.26. The Morgan fingerprint density at radius 1 is 1.03 bits per heavy atom. The smallest absolute Gasteiger partial charge is 0.258 e. The number of aromatic nitrogens is 1. The summed E-state index contributed by atoms with van der Waals surface area (Å²) in [6.07, 6.45) is 5.67. The fraction of sp³-hybridized carbons (Fsp3) is 0.370. The minimum Gasteiger partial charge on any atom is -0.308 e. The summed E-state index contributed by atoms with van der Waals surface area (Å²) < 4.78 is 0. The van der Waals surface area contributed by atoms with Gasteiger partial charge in [-0.15, -0.1) is 11.3 Å². The van der Waals surface area contributed by atoms with Crippen LogP contribution >= 0.6 is 11.3 Å². The minimum absolute atomic E-state index is 0.00196. The number of likely N-dealkylation sites (tertiary alicyclic amines) is 1. The van der Waals surface area contributed by atoms with Crippen molar-refractivity contribution >= 4 is 34.0 Å². The molecule has 0 saturated carbocycles. The van der Waals surface area contributed by atoms with Gasteiger partial charge >= 0.3 is 0 Å². The standard InChI is InChI=1S/C27H30N4O2S/c1-19-8-4-5-9-22(19)26(33)31-15-12-21-16-20(10-11-24(21)31)23-18-34-27(28-23)29-25(32)17-30-13-6-2-3-7-14-30/h4-5,8-11,16,18H,2-3,6-7,12-15,17H2,1H3,(H,28,29,32). The van der Waals surface area contributed by atoms with Crippen LogP contribution in [0.4, 0.5) is 10.8 Å². The highest BCUT2D eigenvalue weighted by Crippen LogP contribution is 2.34. The normalized spacial score (nSPS) is 16.2. The Hall–Kier alpha value is -3.03. The molecule has 2 aliphatic rings. The van der Waals surface area contributed by atoms with E-state index in [2.05, 4.69) is 21.3 Å². The monoisotopic (exact) mass is 474 g/mol. The molecule has 1 N–H and O–H groups in total. The molecule has 1 saturated heterocycles. The molecular weight excluding hydrogens is 444 g/mol. The minimum atomic E-state index is 0.00196. The Morgan fingerprint density at radius 2 is 1.82 bits per heavy atom. The van der Waals surface area contributed by atoms with Crippen LogP contribution in [0, 0.1) is 6.92 Å². The van der Waals surface area contributed by atoms with Gasteiger partial charge in [-0.05, 0) is 68.6 Å². The van der Waals surface area contributed by atoms with Crippen molar-refractivity contribution in [1.29, 1.82) is 0 Å². The first-order valence-electron chi connectivity index (χ1n) is 12.1. The highest BCUT2D eigenvalue weighted by atomic mass is 32.1. The lowest BCUT2D eigenvalue weighted by molar-refractivity contribution is -0.117. The van der Waals surface area contributed by atoms with Crippen LogP contribution in [0.5, 0.6) is 0 Å². The molecule has 0 spiro atoms. The maximum absolute atomic E-state index is 13.1. The molecule has 0 unspecified atom stereocenters. The Kier molecular flexibility index (Phi) is 6.74. The van der Waals surface area contributed by atoms with Gasteiger partial charge in [-0.3, -0.25) is 14.5 Å². The number of hydrogen-bond donors (Lipinski definition) is 1. The van der Waals surface area contributed by atoms with Gasteiger partial charge in [-0.1, -0.05) is 37.1 Å². The first-order valence-corrected chi connectivity index (χ1v) is 12.9. The number of nitrogens with one attached hydrogen (secondary N) is 1. The lowest BCUT2D eigenvalue weighted by Gasteiger charge is -2.18. The molecule has 1 aromatic heterocycles. The molecule has 2 aromatic carbocycles. The zero-order valence-electron chi connectivity index (χ0n) is 19.5. The molecule has 34 heavy (non-hydrogen) atoms. The van der Waals surface area contributed by atoms with E-state index in [1.165, 1.54) is 37.0 Å². The first kappa shape index (κ1) is 22.7. The number of carbonyl (C=O) groups excluding carboxylic acids is 2. The second-order valence-corrected chi connectivity index (χ2v) is 10.00. The Morgan fingerprint density at radius 3 is 2.62 bits per heavy atom. The predicted octanol–water partition coefficient (Wildman–Crippen LogP) is 5.14. The number of hydrogen-bond acceptors (Lipinski definition) is 5. The summed E-state index contributed by atoms with van der Waals surface area (Å²) in [7, 11) is 0. The Bertz CT molecular complexity index is 1200. The van der Waals surface area contributed by atoms with Crippen LogP contribution in [-0.2, 0) is 11.2 Å². The van der Waals surface area contributed by atoms with Crippen LogP contribution in [0.3, 0.4) is 0 Å². The second-order valence-electron chi connectivity index (χ2n) is 9.14. The van der Waals surface area contributed by atoms with E-state index in [1.807, 2.05) is 53.6 Å². The molecule has 0 radical (unpaired) electrons. The first-order chi connectivity index (χ1) is 16.6. The summed E-state index contributed by atoms with van der Waals surface area (Å²) in [5, 5.41) is 5.58. The van der Waals surface area contributed by atoms with Crippen molar-refractivity contribution in [2.24, 2.45) is 0 Å².